The summed E-state index contributed by atoms with van der Waals surface area (Å²) < 4.78 is 34.3. The van der Waals surface area contributed by atoms with Gasteiger partial charge in [0.25, 0.3) is 0 Å². The molecule has 13 nitrogen and oxygen atoms in total. The Balaban J connectivity index is 1.22. The standard InChI is InChI=1S/C27H38ClN9O4S/c1-36(18-6-4-3-5-7-18)42(39,40)20-14-17(8-9-19(20)41-2)15-37-12-10-27(11-13-37)16-31-26(35-27)34-25(38)21-23(29)33-24(30)22(28)32-21/h8-9,14,18H,3-7,10-13,15-16H2,1-2H3,(H4,29,30,33)(H2,31,34,35,38). The van der Waals surface area contributed by atoms with Crippen LogP contribution in [0.5, 0.6) is 5.75 Å². The Morgan fingerprint density at radius 2 is 1.90 bits per heavy atom. The van der Waals surface area contributed by atoms with Crippen LogP contribution in [0.4, 0.5) is 11.6 Å². The van der Waals surface area contributed by atoms with Gasteiger partial charge in [0.1, 0.15) is 10.6 Å². The van der Waals surface area contributed by atoms with Gasteiger partial charge >= 0.3 is 5.91 Å². The Hall–Kier alpha value is -3.20. The van der Waals surface area contributed by atoms with E-state index in [4.69, 9.17) is 27.8 Å². The van der Waals surface area contributed by atoms with Crippen LogP contribution in [-0.4, -0.2) is 84.8 Å². The molecule has 1 spiro atoms. The highest BCUT2D eigenvalue weighted by Crippen LogP contribution is 2.33. The van der Waals surface area contributed by atoms with Crippen LogP contribution in [0.15, 0.2) is 28.1 Å². The van der Waals surface area contributed by atoms with Crippen molar-refractivity contribution in [2.24, 2.45) is 4.99 Å². The maximum absolute atomic E-state index is 13.6. The topological polar surface area (TPSA) is 181 Å². The third-order valence-corrected chi connectivity index (χ3v) is 10.7. The Bertz CT molecular complexity index is 1470. The number of amides is 1. The molecular weight excluding hydrogens is 582 g/mol. The van der Waals surface area contributed by atoms with Gasteiger partial charge in [0.2, 0.25) is 10.0 Å². The average molecular weight is 620 g/mol. The number of anilines is 2. The monoisotopic (exact) mass is 619 g/mol. The number of halogens is 1. The quantitative estimate of drug-likeness (QED) is 0.356. The molecule has 228 valence electrons. The highest BCUT2D eigenvalue weighted by Gasteiger charge is 2.40. The van der Waals surface area contributed by atoms with Gasteiger partial charge < -0.3 is 26.8 Å². The van der Waals surface area contributed by atoms with E-state index in [-0.39, 0.29) is 39.0 Å². The second kappa shape index (κ2) is 12.2. The maximum atomic E-state index is 13.6. The molecule has 6 N–H and O–H groups in total. The molecule has 3 aliphatic rings. The van der Waals surface area contributed by atoms with Crippen LogP contribution in [0.1, 0.15) is 61.0 Å². The highest BCUT2D eigenvalue weighted by atomic mass is 35.5. The van der Waals surface area contributed by atoms with Crippen molar-refractivity contribution in [1.82, 2.24) is 29.8 Å². The van der Waals surface area contributed by atoms with E-state index in [1.165, 1.54) is 11.4 Å². The summed E-state index contributed by atoms with van der Waals surface area (Å²) in [5.41, 5.74) is 11.9. The first-order valence-corrected chi connectivity index (χ1v) is 15.9. The molecule has 0 radical (unpaired) electrons. The molecule has 2 aromatic rings. The van der Waals surface area contributed by atoms with Crippen LogP contribution in [0.25, 0.3) is 0 Å². The highest BCUT2D eigenvalue weighted by molar-refractivity contribution is 7.89. The van der Waals surface area contributed by atoms with Gasteiger partial charge in [-0.3, -0.25) is 9.69 Å². The molecule has 15 heteroatoms. The molecule has 0 bridgehead atoms. The zero-order valence-corrected chi connectivity index (χ0v) is 25.5. The zero-order chi connectivity index (χ0) is 30.1. The van der Waals surface area contributed by atoms with Crippen LogP contribution >= 0.6 is 11.6 Å². The first kappa shape index (κ1) is 30.3. The lowest BCUT2D eigenvalue weighted by molar-refractivity contribution is 0.0998. The first-order chi connectivity index (χ1) is 20.0. The van der Waals surface area contributed by atoms with Crippen molar-refractivity contribution in [1.29, 1.82) is 0 Å². The molecule has 0 unspecified atom stereocenters. The van der Waals surface area contributed by atoms with E-state index in [9.17, 15) is 13.2 Å². The number of benzene rings is 1. The fourth-order valence-electron chi connectivity index (χ4n) is 5.93. The fraction of sp³-hybridized carbons (Fsp3) is 0.556. The summed E-state index contributed by atoms with van der Waals surface area (Å²) in [5, 5.41) is 6.43. The molecule has 1 aliphatic carbocycles. The summed E-state index contributed by atoms with van der Waals surface area (Å²) in [6.45, 7) is 2.77. The van der Waals surface area contributed by atoms with Crippen molar-refractivity contribution in [3.63, 3.8) is 0 Å². The van der Waals surface area contributed by atoms with Crippen molar-refractivity contribution in [2.45, 2.75) is 68.0 Å². The number of carbonyl (C=O) groups is 1. The van der Waals surface area contributed by atoms with E-state index in [0.717, 1.165) is 63.6 Å². The lowest BCUT2D eigenvalue weighted by Crippen LogP contribution is -2.52. The van der Waals surface area contributed by atoms with Crippen molar-refractivity contribution in [2.75, 3.05) is 45.3 Å². The number of methoxy groups -OCH3 is 1. The summed E-state index contributed by atoms with van der Waals surface area (Å²) in [6, 6.07) is 5.44. The summed E-state index contributed by atoms with van der Waals surface area (Å²) in [4.78, 5) is 27.0. The number of guanidine groups is 1. The molecule has 1 saturated carbocycles. The number of hydrogen-bond acceptors (Lipinski definition) is 9. The number of aromatic nitrogens is 2. The largest absolute Gasteiger partial charge is 0.495 e. The number of sulfonamides is 1. The summed E-state index contributed by atoms with van der Waals surface area (Å²) in [6.07, 6.45) is 6.62. The van der Waals surface area contributed by atoms with Gasteiger partial charge in [-0.15, -0.1) is 0 Å². The lowest BCUT2D eigenvalue weighted by atomic mass is 9.88. The minimum absolute atomic E-state index is 0.0150. The third-order valence-electron chi connectivity index (χ3n) is 8.49. The van der Waals surface area contributed by atoms with E-state index in [2.05, 4.69) is 30.5 Å². The van der Waals surface area contributed by atoms with E-state index in [0.29, 0.717) is 24.8 Å². The number of likely N-dealkylation sites (tertiary alicyclic amines) is 1. The predicted octanol–water partition coefficient (Wildman–Crippen LogP) is 1.98. The number of carbonyl (C=O) groups excluding carboxylic acids is 1. The molecule has 1 aromatic heterocycles. The molecule has 3 heterocycles. The fourth-order valence-corrected chi connectivity index (χ4v) is 7.68. The molecule has 42 heavy (non-hydrogen) atoms. The van der Waals surface area contributed by atoms with Gasteiger partial charge in [-0.2, -0.15) is 9.30 Å². The van der Waals surface area contributed by atoms with Gasteiger partial charge in [0, 0.05) is 39.3 Å². The predicted molar refractivity (Wildman–Crippen MR) is 161 cm³/mol. The smallest absolute Gasteiger partial charge is 0.302 e. The van der Waals surface area contributed by atoms with E-state index in [1.54, 1.807) is 19.2 Å². The Morgan fingerprint density at radius 3 is 2.60 bits per heavy atom. The third kappa shape index (κ3) is 6.26. The minimum Gasteiger partial charge on any atom is -0.495 e. The molecule has 3 fully saturated rings. The van der Waals surface area contributed by atoms with Gasteiger partial charge in [0.05, 0.1) is 12.6 Å². The Morgan fingerprint density at radius 1 is 1.19 bits per heavy atom. The Labute approximate surface area is 251 Å². The van der Waals surface area contributed by atoms with Crippen LogP contribution < -0.4 is 26.8 Å². The Kier molecular flexibility index (Phi) is 8.78. The van der Waals surface area contributed by atoms with Crippen LogP contribution in [-0.2, 0) is 16.6 Å². The minimum atomic E-state index is -3.71. The van der Waals surface area contributed by atoms with Gasteiger partial charge in [-0.1, -0.05) is 36.9 Å². The first-order valence-electron chi connectivity index (χ1n) is 14.1. The van der Waals surface area contributed by atoms with Crippen LogP contribution in [0.3, 0.4) is 0 Å². The number of nitrogen functional groups attached to an aromatic ring is 2. The normalized spacial score (nSPS) is 20.5. The summed E-state index contributed by atoms with van der Waals surface area (Å²) >= 11 is 5.90. The molecule has 1 amide bonds. The number of nitrogens with zero attached hydrogens (tertiary/aromatic N) is 5. The number of hydrogen-bond donors (Lipinski definition) is 4. The summed E-state index contributed by atoms with van der Waals surface area (Å²) in [5.74, 6) is -0.168. The van der Waals surface area contributed by atoms with E-state index >= 15 is 0 Å². The van der Waals surface area contributed by atoms with Crippen LogP contribution in [0, 0.1) is 0 Å². The molecule has 5 rings (SSSR count). The second-order valence-corrected chi connectivity index (χ2v) is 13.6. The number of piperidine rings is 1. The molecular formula is C27H38ClN9O4S. The van der Waals surface area contributed by atoms with Gasteiger partial charge in [-0.25, -0.2) is 18.4 Å². The number of nitrogens with two attached hydrogens (primary N) is 2. The van der Waals surface area contributed by atoms with Gasteiger partial charge in [-0.05, 0) is 43.4 Å². The number of nitrogens with one attached hydrogen (secondary N) is 2. The van der Waals surface area contributed by atoms with Gasteiger partial charge in [0.15, 0.2) is 28.4 Å². The molecule has 2 saturated heterocycles. The molecule has 0 atom stereocenters. The SMILES string of the molecule is COc1ccc(CN2CCC3(CC2)CN/C(=N\C(=O)c2nc(Cl)c(N)nc2N)N3)cc1S(=O)(=O)N(C)C1CCCCC1. The lowest BCUT2D eigenvalue weighted by Gasteiger charge is -2.38. The second-order valence-electron chi connectivity index (χ2n) is 11.2. The maximum Gasteiger partial charge on any atom is 0.302 e. The van der Waals surface area contributed by atoms with Crippen LogP contribution in [0.2, 0.25) is 5.15 Å². The number of aliphatic imine (C=N–C) groups is 1. The van der Waals surface area contributed by atoms with Crippen molar-refractivity contribution in [3.8, 4) is 5.75 Å². The number of ether oxygens (including phenoxy) is 1. The zero-order valence-electron chi connectivity index (χ0n) is 23.9. The van der Waals surface area contributed by atoms with E-state index in [1.807, 2.05) is 6.07 Å². The molecule has 2 aliphatic heterocycles. The molecule has 1 aromatic carbocycles. The van der Waals surface area contributed by atoms with Crippen molar-refractivity contribution >= 4 is 45.1 Å². The van der Waals surface area contributed by atoms with Crippen molar-refractivity contribution < 1.29 is 17.9 Å². The number of rotatable bonds is 7. The van der Waals surface area contributed by atoms with Crippen molar-refractivity contribution in [3.05, 3.63) is 34.6 Å². The average Bonchev–Trinajstić information content (AvgIpc) is 3.37. The summed E-state index contributed by atoms with van der Waals surface area (Å²) in [7, 11) is -0.523. The van der Waals surface area contributed by atoms with E-state index < -0.39 is 15.9 Å².